The molecule has 1 heterocycles. The maximum Gasteiger partial charge on any atom is 0.220 e. The second-order valence-electron chi connectivity index (χ2n) is 4.78. The van der Waals surface area contributed by atoms with Crippen LogP contribution < -0.4 is 10.6 Å². The zero-order valence-electron chi connectivity index (χ0n) is 9.22. The van der Waals surface area contributed by atoms with E-state index >= 15 is 0 Å². The molecule has 3 heteroatoms. The van der Waals surface area contributed by atoms with E-state index in [1.807, 2.05) is 6.08 Å². The number of amides is 1. The maximum absolute atomic E-state index is 11.5. The van der Waals surface area contributed by atoms with Gasteiger partial charge in [-0.15, -0.1) is 6.58 Å². The van der Waals surface area contributed by atoms with E-state index in [9.17, 15) is 4.79 Å². The fourth-order valence-electron chi connectivity index (χ4n) is 2.46. The molecule has 1 saturated carbocycles. The highest BCUT2D eigenvalue weighted by Crippen LogP contribution is 2.51. The average Bonchev–Trinajstić information content (AvgIpc) is 2.79. The minimum atomic E-state index is 0.198. The topological polar surface area (TPSA) is 41.1 Å². The first kappa shape index (κ1) is 10.7. The molecule has 1 aliphatic carbocycles. The molecule has 84 valence electrons. The summed E-state index contributed by atoms with van der Waals surface area (Å²) in [7, 11) is 0. The Morgan fingerprint density at radius 3 is 3.13 bits per heavy atom. The van der Waals surface area contributed by atoms with Gasteiger partial charge in [-0.2, -0.15) is 0 Å². The zero-order chi connectivity index (χ0) is 10.7. The molecule has 2 atom stereocenters. The van der Waals surface area contributed by atoms with Crippen LogP contribution in [-0.4, -0.2) is 25.0 Å². The second kappa shape index (κ2) is 4.35. The van der Waals surface area contributed by atoms with Crippen molar-refractivity contribution in [2.45, 2.75) is 38.1 Å². The van der Waals surface area contributed by atoms with E-state index in [0.29, 0.717) is 17.9 Å². The SMILES string of the molecule is C=CCCCC(=O)NC[C@@]12CCN[C@@H]1C2. The molecule has 2 fully saturated rings. The van der Waals surface area contributed by atoms with Crippen molar-refractivity contribution in [2.75, 3.05) is 13.1 Å². The lowest BCUT2D eigenvalue weighted by Crippen LogP contribution is -2.30. The van der Waals surface area contributed by atoms with Crippen molar-refractivity contribution in [3.05, 3.63) is 12.7 Å². The van der Waals surface area contributed by atoms with Crippen molar-refractivity contribution in [2.24, 2.45) is 5.41 Å². The van der Waals surface area contributed by atoms with Crippen molar-refractivity contribution in [3.8, 4) is 0 Å². The van der Waals surface area contributed by atoms with Gasteiger partial charge in [0.1, 0.15) is 0 Å². The van der Waals surface area contributed by atoms with Gasteiger partial charge in [-0.05, 0) is 32.2 Å². The maximum atomic E-state index is 11.5. The molecule has 1 amide bonds. The monoisotopic (exact) mass is 208 g/mol. The lowest BCUT2D eigenvalue weighted by atomic mass is 10.0. The lowest BCUT2D eigenvalue weighted by molar-refractivity contribution is -0.121. The number of allylic oxidation sites excluding steroid dienone is 1. The van der Waals surface area contributed by atoms with E-state index in [1.54, 1.807) is 0 Å². The fraction of sp³-hybridized carbons (Fsp3) is 0.750. The van der Waals surface area contributed by atoms with Crippen LogP contribution in [0.2, 0.25) is 0 Å². The lowest BCUT2D eigenvalue weighted by Gasteiger charge is -2.11. The van der Waals surface area contributed by atoms with Crippen molar-refractivity contribution in [1.82, 2.24) is 10.6 Å². The number of carbonyl (C=O) groups is 1. The van der Waals surface area contributed by atoms with Crippen molar-refractivity contribution < 1.29 is 4.79 Å². The van der Waals surface area contributed by atoms with Crippen LogP contribution in [0, 0.1) is 5.41 Å². The van der Waals surface area contributed by atoms with Crippen LogP contribution in [0.15, 0.2) is 12.7 Å². The van der Waals surface area contributed by atoms with Gasteiger partial charge in [0.2, 0.25) is 5.91 Å². The summed E-state index contributed by atoms with van der Waals surface area (Å²) in [4.78, 5) is 11.5. The molecule has 0 radical (unpaired) electrons. The summed E-state index contributed by atoms with van der Waals surface area (Å²) in [5, 5.41) is 6.50. The molecule has 0 bridgehead atoms. The molecular weight excluding hydrogens is 188 g/mol. The van der Waals surface area contributed by atoms with E-state index < -0.39 is 0 Å². The third-order valence-corrected chi connectivity index (χ3v) is 3.65. The summed E-state index contributed by atoms with van der Waals surface area (Å²) in [6.45, 7) is 5.64. The molecule has 0 unspecified atom stereocenters. The van der Waals surface area contributed by atoms with Gasteiger partial charge in [0.05, 0.1) is 0 Å². The van der Waals surface area contributed by atoms with Crippen LogP contribution in [0.1, 0.15) is 32.1 Å². The Hall–Kier alpha value is -0.830. The molecule has 0 aromatic carbocycles. The van der Waals surface area contributed by atoms with Crippen LogP contribution in [0.5, 0.6) is 0 Å². The van der Waals surface area contributed by atoms with Gasteiger partial charge in [-0.1, -0.05) is 6.08 Å². The predicted octanol–water partition coefficient (Wildman–Crippen LogP) is 1.21. The Balaban J connectivity index is 1.61. The first-order chi connectivity index (χ1) is 7.27. The summed E-state index contributed by atoms with van der Waals surface area (Å²) in [5.74, 6) is 0.198. The highest BCUT2D eigenvalue weighted by molar-refractivity contribution is 5.75. The Labute approximate surface area is 91.3 Å². The van der Waals surface area contributed by atoms with Gasteiger partial charge >= 0.3 is 0 Å². The molecule has 3 nitrogen and oxygen atoms in total. The minimum absolute atomic E-state index is 0.198. The van der Waals surface area contributed by atoms with Gasteiger partial charge in [0.15, 0.2) is 0 Å². The number of hydrogen-bond acceptors (Lipinski definition) is 2. The molecule has 2 aliphatic rings. The van der Waals surface area contributed by atoms with E-state index in [4.69, 9.17) is 0 Å². The summed E-state index contributed by atoms with van der Waals surface area (Å²) < 4.78 is 0. The van der Waals surface area contributed by atoms with Gasteiger partial charge in [-0.25, -0.2) is 0 Å². The standard InChI is InChI=1S/C12H20N2O/c1-2-3-4-5-11(15)14-9-12-6-7-13-10(12)8-12/h2,10,13H,1,3-9H2,(H,14,15)/t10-,12+/m1/s1. The summed E-state index contributed by atoms with van der Waals surface area (Å²) in [6.07, 6.45) is 6.83. The van der Waals surface area contributed by atoms with Crippen molar-refractivity contribution in [1.29, 1.82) is 0 Å². The van der Waals surface area contributed by atoms with Gasteiger partial charge < -0.3 is 10.6 Å². The number of hydrogen-bond donors (Lipinski definition) is 2. The number of rotatable bonds is 6. The average molecular weight is 208 g/mol. The largest absolute Gasteiger partial charge is 0.355 e. The highest BCUT2D eigenvalue weighted by atomic mass is 16.1. The molecule has 2 rings (SSSR count). The third-order valence-electron chi connectivity index (χ3n) is 3.65. The van der Waals surface area contributed by atoms with Gasteiger partial charge in [-0.3, -0.25) is 4.79 Å². The Kier molecular flexibility index (Phi) is 3.10. The highest BCUT2D eigenvalue weighted by Gasteiger charge is 2.56. The summed E-state index contributed by atoms with van der Waals surface area (Å²) in [6, 6.07) is 0.686. The van der Waals surface area contributed by atoms with Crippen LogP contribution >= 0.6 is 0 Å². The molecule has 0 aromatic heterocycles. The van der Waals surface area contributed by atoms with Crippen LogP contribution in [0.3, 0.4) is 0 Å². The molecule has 0 spiro atoms. The van der Waals surface area contributed by atoms with Gasteiger partial charge in [0, 0.05) is 24.4 Å². The first-order valence-electron chi connectivity index (χ1n) is 5.88. The smallest absolute Gasteiger partial charge is 0.220 e. The predicted molar refractivity (Wildman–Crippen MR) is 60.5 cm³/mol. The molecule has 15 heavy (non-hydrogen) atoms. The molecule has 1 saturated heterocycles. The summed E-state index contributed by atoms with van der Waals surface area (Å²) in [5.41, 5.74) is 0.425. The van der Waals surface area contributed by atoms with Gasteiger partial charge in [0.25, 0.3) is 0 Å². The molecule has 0 aromatic rings. The number of carbonyl (C=O) groups excluding carboxylic acids is 1. The van der Waals surface area contributed by atoms with E-state index in [2.05, 4.69) is 17.2 Å². The Bertz CT molecular complexity index is 264. The van der Waals surface area contributed by atoms with Crippen LogP contribution in [-0.2, 0) is 4.79 Å². The Morgan fingerprint density at radius 2 is 2.53 bits per heavy atom. The Morgan fingerprint density at radius 1 is 1.67 bits per heavy atom. The van der Waals surface area contributed by atoms with Crippen molar-refractivity contribution >= 4 is 5.91 Å². The number of nitrogens with one attached hydrogen (secondary N) is 2. The number of piperidine rings is 1. The second-order valence-corrected chi connectivity index (χ2v) is 4.78. The first-order valence-corrected chi connectivity index (χ1v) is 5.88. The molecular formula is C12H20N2O. The zero-order valence-corrected chi connectivity index (χ0v) is 9.22. The fourth-order valence-corrected chi connectivity index (χ4v) is 2.46. The van der Waals surface area contributed by atoms with Crippen LogP contribution in [0.25, 0.3) is 0 Å². The number of fused-ring (bicyclic) bond motifs is 1. The third kappa shape index (κ3) is 2.40. The number of unbranched alkanes of at least 4 members (excludes halogenated alkanes) is 1. The van der Waals surface area contributed by atoms with Crippen LogP contribution in [0.4, 0.5) is 0 Å². The molecule has 1 aliphatic heterocycles. The van der Waals surface area contributed by atoms with E-state index in [-0.39, 0.29) is 5.91 Å². The molecule has 2 N–H and O–H groups in total. The normalized spacial score (nSPS) is 32.1. The summed E-state index contributed by atoms with van der Waals surface area (Å²) >= 11 is 0. The van der Waals surface area contributed by atoms with Crippen molar-refractivity contribution in [3.63, 3.8) is 0 Å². The van der Waals surface area contributed by atoms with E-state index in [1.165, 1.54) is 12.8 Å². The minimum Gasteiger partial charge on any atom is -0.355 e. The van der Waals surface area contributed by atoms with E-state index in [0.717, 1.165) is 25.9 Å². The quantitative estimate of drug-likeness (QED) is 0.509.